The maximum absolute atomic E-state index is 9.79. The molecule has 0 aromatic rings. The third-order valence-electron chi connectivity index (χ3n) is 2.69. The topological polar surface area (TPSA) is 20.2 Å². The maximum atomic E-state index is 9.79. The van der Waals surface area contributed by atoms with Gasteiger partial charge in [0.2, 0.25) is 0 Å². The van der Waals surface area contributed by atoms with Gasteiger partial charge in [-0.25, -0.2) is 0 Å². The zero-order valence-corrected chi connectivity index (χ0v) is 10.2. The van der Waals surface area contributed by atoms with Crippen LogP contribution in [-0.2, 0) is 0 Å². The summed E-state index contributed by atoms with van der Waals surface area (Å²) in [5.41, 5.74) is 1.82. The second-order valence-electron chi connectivity index (χ2n) is 4.85. The van der Waals surface area contributed by atoms with Crippen molar-refractivity contribution in [3.8, 4) is 0 Å². The molecule has 0 aromatic carbocycles. The molecule has 1 heteroatoms. The van der Waals surface area contributed by atoms with E-state index in [1.165, 1.54) is 5.57 Å². The van der Waals surface area contributed by atoms with Crippen molar-refractivity contribution in [3.05, 3.63) is 23.8 Å². The lowest BCUT2D eigenvalue weighted by atomic mass is 9.85. The summed E-state index contributed by atoms with van der Waals surface area (Å²) in [7, 11) is 0. The van der Waals surface area contributed by atoms with Gasteiger partial charge in [0.05, 0.1) is 5.60 Å². The SMILES string of the molecule is C=C(CCC=C(C)C)C(C)C(C)(C)O. The molecule has 1 N–H and O–H groups in total. The molecule has 0 radical (unpaired) electrons. The first-order valence-corrected chi connectivity index (χ1v) is 5.28. The highest BCUT2D eigenvalue weighted by molar-refractivity contribution is 5.06. The van der Waals surface area contributed by atoms with Gasteiger partial charge in [-0.2, -0.15) is 0 Å². The van der Waals surface area contributed by atoms with Crippen LogP contribution in [0.2, 0.25) is 0 Å². The smallest absolute Gasteiger partial charge is 0.0653 e. The largest absolute Gasteiger partial charge is 0.390 e. The van der Waals surface area contributed by atoms with Gasteiger partial charge in [-0.1, -0.05) is 30.7 Å². The number of hydrogen-bond acceptors (Lipinski definition) is 1. The van der Waals surface area contributed by atoms with Crippen LogP contribution >= 0.6 is 0 Å². The third kappa shape index (κ3) is 5.23. The van der Waals surface area contributed by atoms with E-state index in [9.17, 15) is 5.11 Å². The molecular weight excluding hydrogens is 172 g/mol. The summed E-state index contributed by atoms with van der Waals surface area (Å²) in [6.07, 6.45) is 4.21. The highest BCUT2D eigenvalue weighted by Crippen LogP contribution is 2.25. The van der Waals surface area contributed by atoms with Gasteiger partial charge in [0, 0.05) is 5.92 Å². The molecule has 0 saturated carbocycles. The minimum Gasteiger partial charge on any atom is -0.390 e. The molecular formula is C13H24O. The van der Waals surface area contributed by atoms with Crippen molar-refractivity contribution in [2.75, 3.05) is 0 Å². The summed E-state index contributed by atoms with van der Waals surface area (Å²) in [5.74, 6) is 0.160. The highest BCUT2D eigenvalue weighted by Gasteiger charge is 2.23. The van der Waals surface area contributed by atoms with Crippen molar-refractivity contribution in [2.24, 2.45) is 5.92 Å². The molecule has 0 amide bonds. The van der Waals surface area contributed by atoms with Gasteiger partial charge in [-0.15, -0.1) is 0 Å². The molecule has 1 unspecified atom stereocenters. The van der Waals surface area contributed by atoms with Gasteiger partial charge in [0.15, 0.2) is 0 Å². The summed E-state index contributed by atoms with van der Waals surface area (Å²) >= 11 is 0. The van der Waals surface area contributed by atoms with E-state index >= 15 is 0 Å². The molecule has 1 atom stereocenters. The third-order valence-corrected chi connectivity index (χ3v) is 2.69. The Labute approximate surface area is 88.5 Å². The van der Waals surface area contributed by atoms with Crippen LogP contribution in [-0.4, -0.2) is 10.7 Å². The van der Waals surface area contributed by atoms with E-state index in [0.717, 1.165) is 18.4 Å². The van der Waals surface area contributed by atoms with Crippen LogP contribution < -0.4 is 0 Å². The minimum absolute atomic E-state index is 0.160. The lowest BCUT2D eigenvalue weighted by Crippen LogP contribution is -2.29. The monoisotopic (exact) mass is 196 g/mol. The molecule has 0 heterocycles. The summed E-state index contributed by atoms with van der Waals surface area (Å²) in [5, 5.41) is 9.79. The zero-order chi connectivity index (χ0) is 11.4. The highest BCUT2D eigenvalue weighted by atomic mass is 16.3. The van der Waals surface area contributed by atoms with Crippen LogP contribution in [0.25, 0.3) is 0 Å². The molecule has 0 bridgehead atoms. The van der Waals surface area contributed by atoms with Crippen molar-refractivity contribution in [2.45, 2.75) is 53.1 Å². The molecule has 0 aliphatic heterocycles. The first kappa shape index (κ1) is 13.4. The molecule has 0 saturated heterocycles. The van der Waals surface area contributed by atoms with Crippen molar-refractivity contribution in [1.82, 2.24) is 0 Å². The van der Waals surface area contributed by atoms with Crippen molar-refractivity contribution < 1.29 is 5.11 Å². The van der Waals surface area contributed by atoms with Crippen LogP contribution in [0.3, 0.4) is 0 Å². The second-order valence-corrected chi connectivity index (χ2v) is 4.85. The van der Waals surface area contributed by atoms with E-state index in [2.05, 4.69) is 26.5 Å². The van der Waals surface area contributed by atoms with E-state index in [4.69, 9.17) is 0 Å². The van der Waals surface area contributed by atoms with Crippen LogP contribution in [0, 0.1) is 5.92 Å². The normalized spacial score (nSPS) is 13.6. The Morgan fingerprint density at radius 1 is 1.43 bits per heavy atom. The first-order valence-electron chi connectivity index (χ1n) is 5.28. The molecule has 14 heavy (non-hydrogen) atoms. The van der Waals surface area contributed by atoms with E-state index in [1.807, 2.05) is 20.8 Å². The van der Waals surface area contributed by atoms with Crippen LogP contribution in [0.5, 0.6) is 0 Å². The van der Waals surface area contributed by atoms with E-state index < -0.39 is 5.60 Å². The van der Waals surface area contributed by atoms with E-state index in [-0.39, 0.29) is 5.92 Å². The molecule has 0 aliphatic carbocycles. The molecule has 0 rings (SSSR count). The summed E-state index contributed by atoms with van der Waals surface area (Å²) < 4.78 is 0. The van der Waals surface area contributed by atoms with Crippen molar-refractivity contribution in [3.63, 3.8) is 0 Å². The molecule has 0 fully saturated rings. The Morgan fingerprint density at radius 2 is 1.93 bits per heavy atom. The molecule has 82 valence electrons. The molecule has 0 spiro atoms. The number of hydrogen-bond donors (Lipinski definition) is 1. The first-order chi connectivity index (χ1) is 6.25. The van der Waals surface area contributed by atoms with Gasteiger partial charge >= 0.3 is 0 Å². The quantitative estimate of drug-likeness (QED) is 0.665. The Kier molecular flexibility index (Phi) is 5.14. The lowest BCUT2D eigenvalue weighted by molar-refractivity contribution is 0.0387. The lowest BCUT2D eigenvalue weighted by Gasteiger charge is -2.27. The molecule has 1 nitrogen and oxygen atoms in total. The Bertz CT molecular complexity index is 214. The Balaban J connectivity index is 4.04. The van der Waals surface area contributed by atoms with Gasteiger partial charge in [-0.05, 0) is 40.5 Å². The summed E-state index contributed by atoms with van der Waals surface area (Å²) in [4.78, 5) is 0. The predicted molar refractivity (Wildman–Crippen MR) is 63.3 cm³/mol. The Morgan fingerprint density at radius 3 is 2.29 bits per heavy atom. The molecule has 0 aromatic heterocycles. The average Bonchev–Trinajstić information content (AvgIpc) is 2.00. The van der Waals surface area contributed by atoms with Crippen LogP contribution in [0.1, 0.15) is 47.5 Å². The average molecular weight is 196 g/mol. The van der Waals surface area contributed by atoms with E-state index in [1.54, 1.807) is 0 Å². The minimum atomic E-state index is -0.651. The van der Waals surface area contributed by atoms with Crippen LogP contribution in [0.15, 0.2) is 23.8 Å². The fourth-order valence-corrected chi connectivity index (χ4v) is 1.26. The zero-order valence-electron chi connectivity index (χ0n) is 10.2. The van der Waals surface area contributed by atoms with E-state index in [0.29, 0.717) is 0 Å². The summed E-state index contributed by atoms with van der Waals surface area (Å²) in [6, 6.07) is 0. The van der Waals surface area contributed by atoms with Gasteiger partial charge in [-0.3, -0.25) is 0 Å². The molecule has 0 aliphatic rings. The standard InChI is InChI=1S/C13H24O/c1-10(2)8-7-9-11(3)12(4)13(5,6)14/h8,12,14H,3,7,9H2,1-2,4-6H3. The predicted octanol–water partition coefficient (Wildman–Crippen LogP) is 3.70. The van der Waals surface area contributed by atoms with Gasteiger partial charge < -0.3 is 5.11 Å². The maximum Gasteiger partial charge on any atom is 0.0653 e. The number of aliphatic hydroxyl groups is 1. The second kappa shape index (κ2) is 5.35. The fraction of sp³-hybridized carbons (Fsp3) is 0.692. The fourth-order valence-electron chi connectivity index (χ4n) is 1.26. The van der Waals surface area contributed by atoms with Gasteiger partial charge in [0.25, 0.3) is 0 Å². The van der Waals surface area contributed by atoms with Crippen molar-refractivity contribution >= 4 is 0 Å². The van der Waals surface area contributed by atoms with Crippen LogP contribution in [0.4, 0.5) is 0 Å². The number of rotatable bonds is 5. The van der Waals surface area contributed by atoms with Crippen molar-refractivity contribution in [1.29, 1.82) is 0 Å². The summed E-state index contributed by atoms with van der Waals surface area (Å²) in [6.45, 7) is 13.9. The Hall–Kier alpha value is -0.560. The van der Waals surface area contributed by atoms with Gasteiger partial charge in [0.1, 0.15) is 0 Å². The number of allylic oxidation sites excluding steroid dienone is 2.